The molecule has 0 saturated heterocycles. The number of benzene rings is 1. The Morgan fingerprint density at radius 3 is 2.77 bits per heavy atom. The molecule has 1 atom stereocenters. The fourth-order valence-corrected chi connectivity index (χ4v) is 4.78. The number of rotatable bonds is 6. The SMILES string of the molecule is CC1(C)CNC(=O)c2sc(Nc3ccc(I)cc3F)c(C(=O)NC[C@H](N)C(=O)O)c2C1. The zero-order chi connectivity index (χ0) is 22.9. The zero-order valence-electron chi connectivity index (χ0n) is 16.8. The minimum Gasteiger partial charge on any atom is -0.480 e. The Kier molecular flexibility index (Phi) is 6.86. The van der Waals surface area contributed by atoms with Crippen LogP contribution in [0.5, 0.6) is 0 Å². The predicted octanol–water partition coefficient (Wildman–Crippen LogP) is 2.69. The van der Waals surface area contributed by atoms with Gasteiger partial charge in [0.1, 0.15) is 16.9 Å². The highest BCUT2D eigenvalue weighted by atomic mass is 127. The molecule has 2 amide bonds. The number of aliphatic carboxylic acids is 1. The van der Waals surface area contributed by atoms with Crippen molar-refractivity contribution in [3.8, 4) is 0 Å². The molecule has 1 aromatic heterocycles. The van der Waals surface area contributed by atoms with Gasteiger partial charge in [-0.1, -0.05) is 13.8 Å². The van der Waals surface area contributed by atoms with Gasteiger partial charge in [0.15, 0.2) is 0 Å². The molecule has 0 bridgehead atoms. The average molecular weight is 560 g/mol. The predicted molar refractivity (Wildman–Crippen MR) is 124 cm³/mol. The van der Waals surface area contributed by atoms with Crippen LogP contribution in [0.3, 0.4) is 0 Å². The van der Waals surface area contributed by atoms with Crippen LogP contribution < -0.4 is 21.7 Å². The van der Waals surface area contributed by atoms with Crippen molar-refractivity contribution < 1.29 is 23.9 Å². The van der Waals surface area contributed by atoms with Crippen LogP contribution in [0.1, 0.15) is 39.4 Å². The largest absolute Gasteiger partial charge is 0.480 e. The van der Waals surface area contributed by atoms with Crippen LogP contribution in [0.25, 0.3) is 0 Å². The van der Waals surface area contributed by atoms with E-state index in [4.69, 9.17) is 10.8 Å². The number of nitrogens with two attached hydrogens (primary N) is 1. The average Bonchev–Trinajstić information content (AvgIpc) is 2.98. The molecule has 6 N–H and O–H groups in total. The fraction of sp³-hybridized carbons (Fsp3) is 0.350. The lowest BCUT2D eigenvalue weighted by Crippen LogP contribution is -2.42. The number of carbonyl (C=O) groups excluding carboxylic acids is 2. The number of carbonyl (C=O) groups is 3. The van der Waals surface area contributed by atoms with E-state index < -0.39 is 23.7 Å². The Bertz CT molecular complexity index is 1060. The standard InChI is InChI=1S/C20H22FIN4O4S/c1-20(2)6-10-14(16(27)24-7-12(23)19(29)30)18(31-15(10)17(28)25-8-20)26-13-4-3-9(22)5-11(13)21/h3-5,12,26H,6-8,23H2,1-2H3,(H,24,27)(H,25,28)(H,29,30)/t12-/m0/s1. The molecule has 1 aliphatic heterocycles. The number of hydrogen-bond donors (Lipinski definition) is 5. The summed E-state index contributed by atoms with van der Waals surface area (Å²) in [5, 5.41) is 17.6. The minimum atomic E-state index is -1.27. The van der Waals surface area contributed by atoms with Gasteiger partial charge in [-0.15, -0.1) is 11.3 Å². The highest BCUT2D eigenvalue weighted by Crippen LogP contribution is 2.40. The number of carboxylic acids is 1. The number of nitrogens with one attached hydrogen (secondary N) is 3. The third-order valence-electron chi connectivity index (χ3n) is 4.80. The van der Waals surface area contributed by atoms with E-state index in [-0.39, 0.29) is 29.1 Å². The van der Waals surface area contributed by atoms with E-state index in [1.54, 1.807) is 12.1 Å². The zero-order valence-corrected chi connectivity index (χ0v) is 19.8. The van der Waals surface area contributed by atoms with Gasteiger partial charge in [0.2, 0.25) is 0 Å². The second kappa shape index (κ2) is 9.09. The van der Waals surface area contributed by atoms with Gasteiger partial charge in [0.05, 0.1) is 16.1 Å². The molecule has 0 unspecified atom stereocenters. The van der Waals surface area contributed by atoms with Gasteiger partial charge in [-0.2, -0.15) is 0 Å². The van der Waals surface area contributed by atoms with Crippen LogP contribution >= 0.6 is 33.9 Å². The monoisotopic (exact) mass is 560 g/mol. The first-order valence-corrected chi connectivity index (χ1v) is 11.3. The maximum atomic E-state index is 14.4. The Morgan fingerprint density at radius 1 is 1.42 bits per heavy atom. The number of anilines is 2. The lowest BCUT2D eigenvalue weighted by atomic mass is 9.85. The Hall–Kier alpha value is -2.25. The number of carboxylic acid groups (broad SMARTS) is 1. The molecule has 1 aromatic carbocycles. The number of thiophene rings is 1. The molecule has 0 aliphatic carbocycles. The summed E-state index contributed by atoms with van der Waals surface area (Å²) in [4.78, 5) is 37.1. The molecular formula is C20H22FIN4O4S. The van der Waals surface area contributed by atoms with Crippen LogP contribution in [-0.2, 0) is 11.2 Å². The van der Waals surface area contributed by atoms with Gasteiger partial charge in [-0.3, -0.25) is 14.4 Å². The molecule has 0 radical (unpaired) electrons. The maximum absolute atomic E-state index is 14.4. The molecule has 0 fully saturated rings. The molecular weight excluding hydrogens is 538 g/mol. The summed E-state index contributed by atoms with van der Waals surface area (Å²) in [5.41, 5.74) is 6.08. The summed E-state index contributed by atoms with van der Waals surface area (Å²) in [6, 6.07) is 3.34. The first-order valence-electron chi connectivity index (χ1n) is 9.41. The number of amides is 2. The van der Waals surface area contributed by atoms with Crippen LogP contribution in [0, 0.1) is 14.8 Å². The molecule has 8 nitrogen and oxygen atoms in total. The minimum absolute atomic E-state index is 0.160. The summed E-state index contributed by atoms with van der Waals surface area (Å²) < 4.78 is 15.1. The number of fused-ring (bicyclic) bond motifs is 1. The van der Waals surface area contributed by atoms with E-state index in [9.17, 15) is 18.8 Å². The van der Waals surface area contributed by atoms with Crippen LogP contribution in [0.15, 0.2) is 18.2 Å². The second-order valence-electron chi connectivity index (χ2n) is 8.04. The molecule has 0 saturated carbocycles. The topological polar surface area (TPSA) is 134 Å². The van der Waals surface area contributed by atoms with E-state index in [1.165, 1.54) is 6.07 Å². The molecule has 31 heavy (non-hydrogen) atoms. The fourth-order valence-electron chi connectivity index (χ4n) is 3.18. The van der Waals surface area contributed by atoms with Gasteiger partial charge in [0, 0.05) is 16.7 Å². The third kappa shape index (κ3) is 5.33. The van der Waals surface area contributed by atoms with Crippen molar-refractivity contribution in [3.05, 3.63) is 43.6 Å². The van der Waals surface area contributed by atoms with Crippen LogP contribution in [-0.4, -0.2) is 42.0 Å². The lowest BCUT2D eigenvalue weighted by Gasteiger charge is -2.22. The van der Waals surface area contributed by atoms with Crippen molar-refractivity contribution in [2.24, 2.45) is 11.1 Å². The third-order valence-corrected chi connectivity index (χ3v) is 6.62. The van der Waals surface area contributed by atoms with Crippen LogP contribution in [0.2, 0.25) is 0 Å². The summed E-state index contributed by atoms with van der Waals surface area (Å²) in [5.74, 6) is -2.63. The molecule has 166 valence electrons. The first kappa shape index (κ1) is 23.4. The maximum Gasteiger partial charge on any atom is 0.322 e. The van der Waals surface area contributed by atoms with Gasteiger partial charge >= 0.3 is 5.97 Å². The molecule has 2 aromatic rings. The number of halogens is 2. The van der Waals surface area contributed by atoms with Gasteiger partial charge in [-0.25, -0.2) is 4.39 Å². The van der Waals surface area contributed by atoms with E-state index in [1.807, 2.05) is 36.4 Å². The highest BCUT2D eigenvalue weighted by Gasteiger charge is 2.34. The van der Waals surface area contributed by atoms with Crippen molar-refractivity contribution in [1.82, 2.24) is 10.6 Å². The normalized spacial score (nSPS) is 16.0. The molecule has 11 heteroatoms. The summed E-state index contributed by atoms with van der Waals surface area (Å²) in [6.45, 7) is 4.08. The van der Waals surface area contributed by atoms with E-state index in [2.05, 4.69) is 16.0 Å². The Labute approximate surface area is 195 Å². The second-order valence-corrected chi connectivity index (χ2v) is 10.3. The van der Waals surface area contributed by atoms with Gasteiger partial charge in [0.25, 0.3) is 11.8 Å². The summed E-state index contributed by atoms with van der Waals surface area (Å²) in [6.07, 6.45) is 0.433. The van der Waals surface area contributed by atoms with Crippen molar-refractivity contribution in [1.29, 1.82) is 0 Å². The smallest absolute Gasteiger partial charge is 0.322 e. The van der Waals surface area contributed by atoms with Crippen molar-refractivity contribution in [2.45, 2.75) is 26.3 Å². The summed E-state index contributed by atoms with van der Waals surface area (Å²) in [7, 11) is 0. The quantitative estimate of drug-likeness (QED) is 0.345. The van der Waals surface area contributed by atoms with Crippen molar-refractivity contribution in [3.63, 3.8) is 0 Å². The van der Waals surface area contributed by atoms with Gasteiger partial charge in [-0.05, 0) is 58.2 Å². The Balaban J connectivity index is 2.05. The van der Waals surface area contributed by atoms with Crippen molar-refractivity contribution in [2.75, 3.05) is 18.4 Å². The van der Waals surface area contributed by atoms with Crippen LogP contribution in [0.4, 0.5) is 15.1 Å². The van der Waals surface area contributed by atoms with E-state index in [0.29, 0.717) is 32.0 Å². The van der Waals surface area contributed by atoms with Gasteiger partial charge < -0.3 is 26.8 Å². The highest BCUT2D eigenvalue weighted by molar-refractivity contribution is 14.1. The molecule has 1 aliphatic rings. The summed E-state index contributed by atoms with van der Waals surface area (Å²) >= 11 is 3.05. The first-order chi connectivity index (χ1) is 14.5. The molecule has 3 rings (SSSR count). The number of hydrogen-bond acceptors (Lipinski definition) is 6. The molecule has 0 spiro atoms. The lowest BCUT2D eigenvalue weighted by molar-refractivity contribution is -0.138. The van der Waals surface area contributed by atoms with E-state index in [0.717, 1.165) is 11.3 Å². The Morgan fingerprint density at radius 2 is 2.13 bits per heavy atom. The molecule has 2 heterocycles. The van der Waals surface area contributed by atoms with E-state index >= 15 is 0 Å². The van der Waals surface area contributed by atoms with Crippen molar-refractivity contribution >= 4 is 62.4 Å².